The number of amides is 4. The summed E-state index contributed by atoms with van der Waals surface area (Å²) in [5.74, 6) is -2.15. The van der Waals surface area contributed by atoms with Crippen LogP contribution in [0.3, 0.4) is 0 Å². The fourth-order valence-corrected chi connectivity index (χ4v) is 3.14. The summed E-state index contributed by atoms with van der Waals surface area (Å²) in [5, 5.41) is 4.08. The number of hydrogen-bond acceptors (Lipinski definition) is 9. The predicted octanol–water partition coefficient (Wildman–Crippen LogP) is -8.72. The molecule has 29 heavy (non-hydrogen) atoms. The van der Waals surface area contributed by atoms with Crippen LogP contribution in [0.25, 0.3) is 0 Å². The Bertz CT molecular complexity index is 972. The van der Waals surface area contributed by atoms with Gasteiger partial charge in [-0.3, -0.25) is 9.59 Å². The Labute approximate surface area is 210 Å². The smallest absolute Gasteiger partial charge is 0.731 e. The van der Waals surface area contributed by atoms with Crippen LogP contribution in [0.15, 0.2) is 30.3 Å². The maximum Gasteiger partial charge on any atom is 1.00 e. The minimum absolute atomic E-state index is 0. The fraction of sp³-hybridized carbons (Fsp3) is 0.250. The van der Waals surface area contributed by atoms with Gasteiger partial charge in [0.15, 0.2) is 20.6 Å². The first kappa shape index (κ1) is 28.2. The maximum absolute atomic E-state index is 12.4. The van der Waals surface area contributed by atoms with Crippen LogP contribution in [0.2, 0.25) is 0 Å². The van der Waals surface area contributed by atoms with Crippen LogP contribution < -0.4 is 74.5 Å². The summed E-state index contributed by atoms with van der Waals surface area (Å²) >= 11 is 0. The number of urea groups is 1. The summed E-state index contributed by atoms with van der Waals surface area (Å²) in [6.45, 7) is -0.584. The Morgan fingerprint density at radius 1 is 1.07 bits per heavy atom. The minimum atomic E-state index is -5.13. The molecule has 2 rings (SSSR count). The van der Waals surface area contributed by atoms with E-state index in [1.54, 1.807) is 6.07 Å². The van der Waals surface area contributed by atoms with E-state index in [2.05, 4.69) is 5.32 Å². The molecule has 4 amide bonds. The molecule has 0 radical (unpaired) electrons. The SMILES string of the molecule is O=C(NC(C(=O)NC1CN(S(=O)(=O)[O-])C1=O)c1ccccc1)NS(=O)(=O)[O-].[Na+].[Na+]. The molecule has 1 aliphatic rings. The van der Waals surface area contributed by atoms with Crippen molar-refractivity contribution >= 4 is 38.5 Å². The number of benzene rings is 1. The van der Waals surface area contributed by atoms with Gasteiger partial charge in [-0.2, -0.15) is 0 Å². The van der Waals surface area contributed by atoms with Gasteiger partial charge in [0.1, 0.15) is 12.1 Å². The largest absolute Gasteiger partial charge is 1.00 e. The van der Waals surface area contributed by atoms with Gasteiger partial charge in [-0.1, -0.05) is 30.3 Å². The summed E-state index contributed by atoms with van der Waals surface area (Å²) < 4.78 is 65.1. The number of β-lactam (4-membered cyclic amide) rings is 1. The number of carbonyl (C=O) groups excluding carboxylic acids is 3. The molecule has 148 valence electrons. The third-order valence-electron chi connectivity index (χ3n) is 3.37. The van der Waals surface area contributed by atoms with E-state index in [-0.39, 0.29) is 69.0 Å². The predicted molar refractivity (Wildman–Crippen MR) is 83.9 cm³/mol. The molecule has 1 heterocycles. The molecule has 1 aromatic carbocycles. The first-order chi connectivity index (χ1) is 12.4. The average Bonchev–Trinajstić information content (AvgIpc) is 2.53. The van der Waals surface area contributed by atoms with E-state index in [4.69, 9.17) is 0 Å². The summed E-state index contributed by atoms with van der Waals surface area (Å²) in [6, 6.07) is 3.06. The first-order valence-electron chi connectivity index (χ1n) is 7.05. The molecule has 0 aromatic heterocycles. The Kier molecular flexibility index (Phi) is 10.7. The quantitative estimate of drug-likeness (QED) is 0.206. The standard InChI is InChI=1S/C12H14N4O9S2.2Na/c17-10(13-8-6-16(11(8)18)27(23,24)25)9(7-4-2-1-3-5-7)14-12(19)15-26(20,21)22;;/h1-5,8-9H,6H2,(H,13,17)(H2,14,15,19)(H,20,21,22)(H,23,24,25);;/q;2*+1/p-2. The molecule has 0 saturated carbocycles. The number of hydrogen-bond donors (Lipinski definition) is 3. The van der Waals surface area contributed by atoms with Crippen LogP contribution in [0.4, 0.5) is 4.79 Å². The topological polar surface area (TPSA) is 205 Å². The zero-order valence-electron chi connectivity index (χ0n) is 15.2. The van der Waals surface area contributed by atoms with Crippen LogP contribution in [-0.4, -0.2) is 60.7 Å². The molecule has 17 heteroatoms. The van der Waals surface area contributed by atoms with E-state index in [1.807, 2.05) is 5.32 Å². The number of rotatable bonds is 6. The first-order valence-corrected chi connectivity index (χ1v) is 9.82. The second-order valence-electron chi connectivity index (χ2n) is 5.26. The van der Waals surface area contributed by atoms with Crippen molar-refractivity contribution in [3.05, 3.63) is 35.9 Å². The molecule has 0 bridgehead atoms. The van der Waals surface area contributed by atoms with Crippen molar-refractivity contribution in [2.75, 3.05) is 6.54 Å². The van der Waals surface area contributed by atoms with Crippen molar-refractivity contribution in [1.82, 2.24) is 19.7 Å². The molecule has 0 aliphatic carbocycles. The number of carbonyl (C=O) groups is 3. The molecule has 2 atom stereocenters. The Morgan fingerprint density at radius 2 is 1.62 bits per heavy atom. The van der Waals surface area contributed by atoms with Gasteiger partial charge in [0, 0.05) is 0 Å². The zero-order chi connectivity index (χ0) is 20.4. The van der Waals surface area contributed by atoms with Crippen LogP contribution in [-0.2, 0) is 30.2 Å². The van der Waals surface area contributed by atoms with Crippen molar-refractivity contribution in [3.8, 4) is 0 Å². The zero-order valence-corrected chi connectivity index (χ0v) is 20.8. The molecular weight excluding hydrogens is 454 g/mol. The molecule has 3 N–H and O–H groups in total. The summed E-state index contributed by atoms with van der Waals surface area (Å²) in [4.78, 5) is 35.6. The molecular formula is C12H12N4Na2O9S2. The molecule has 1 fully saturated rings. The third kappa shape index (κ3) is 8.12. The van der Waals surface area contributed by atoms with Gasteiger partial charge in [-0.15, -0.1) is 0 Å². The number of nitrogens with one attached hydrogen (secondary N) is 3. The maximum atomic E-state index is 12.4. The van der Waals surface area contributed by atoms with Gasteiger partial charge in [0.2, 0.25) is 5.91 Å². The molecule has 1 saturated heterocycles. The number of nitrogens with zero attached hydrogens (tertiary/aromatic N) is 1. The van der Waals surface area contributed by atoms with E-state index < -0.39 is 57.1 Å². The average molecular weight is 466 g/mol. The van der Waals surface area contributed by atoms with E-state index in [1.165, 1.54) is 24.3 Å². The van der Waals surface area contributed by atoms with E-state index in [0.29, 0.717) is 0 Å². The monoisotopic (exact) mass is 466 g/mol. The van der Waals surface area contributed by atoms with E-state index in [9.17, 15) is 40.3 Å². The van der Waals surface area contributed by atoms with Crippen LogP contribution >= 0.6 is 0 Å². The van der Waals surface area contributed by atoms with Gasteiger partial charge in [0.25, 0.3) is 5.91 Å². The van der Waals surface area contributed by atoms with Gasteiger partial charge < -0.3 is 19.7 Å². The summed E-state index contributed by atoms with van der Waals surface area (Å²) in [5.41, 5.74) is 0.175. The molecule has 1 aromatic rings. The van der Waals surface area contributed by atoms with E-state index >= 15 is 0 Å². The molecule has 0 spiro atoms. The van der Waals surface area contributed by atoms with E-state index in [0.717, 1.165) is 4.72 Å². The second-order valence-corrected chi connectivity index (χ2v) is 7.67. The van der Waals surface area contributed by atoms with Crippen LogP contribution in [0.1, 0.15) is 11.6 Å². The normalized spacial score (nSPS) is 17.0. The van der Waals surface area contributed by atoms with Gasteiger partial charge >= 0.3 is 65.1 Å². The van der Waals surface area contributed by atoms with Crippen molar-refractivity contribution in [2.24, 2.45) is 0 Å². The fourth-order valence-electron chi connectivity index (χ4n) is 2.18. The Hall–Kier alpha value is -0.750. The second kappa shape index (κ2) is 11.0. The minimum Gasteiger partial charge on any atom is -0.731 e. The Balaban J connectivity index is 0.00000392. The van der Waals surface area contributed by atoms with Crippen molar-refractivity contribution in [1.29, 1.82) is 0 Å². The molecule has 1 aliphatic heterocycles. The van der Waals surface area contributed by atoms with Crippen LogP contribution in [0, 0.1) is 0 Å². The summed E-state index contributed by atoms with van der Waals surface area (Å²) in [7, 11) is -10.1. The summed E-state index contributed by atoms with van der Waals surface area (Å²) in [6.07, 6.45) is 0. The van der Waals surface area contributed by atoms with Gasteiger partial charge in [-0.25, -0.2) is 30.7 Å². The molecule has 13 nitrogen and oxygen atoms in total. The van der Waals surface area contributed by atoms with Gasteiger partial charge in [0.05, 0.1) is 6.54 Å². The van der Waals surface area contributed by atoms with Crippen molar-refractivity contribution < 1.29 is 99.4 Å². The Morgan fingerprint density at radius 3 is 2.07 bits per heavy atom. The molecule has 2 unspecified atom stereocenters. The van der Waals surface area contributed by atoms with Crippen LogP contribution in [0.5, 0.6) is 0 Å². The van der Waals surface area contributed by atoms with Crippen molar-refractivity contribution in [3.63, 3.8) is 0 Å². The third-order valence-corrected chi connectivity index (χ3v) is 4.67. The van der Waals surface area contributed by atoms with Crippen molar-refractivity contribution in [2.45, 2.75) is 12.1 Å². The van der Waals surface area contributed by atoms with Gasteiger partial charge in [-0.05, 0) is 5.56 Å².